The molecule has 0 amide bonds. The smallest absolute Gasteiger partial charge is 0.135 e. The maximum absolute atomic E-state index is 7.89. The number of amidine groups is 1. The third-order valence-electron chi connectivity index (χ3n) is 0.185. The highest BCUT2D eigenvalue weighted by atomic mass is 32.2. The number of nitrogens with two attached hydrogens (primary N) is 1. The second-order valence-electron chi connectivity index (χ2n) is 0.814. The second kappa shape index (κ2) is 2.99. The van der Waals surface area contributed by atoms with Gasteiger partial charge in [0.1, 0.15) is 18.1 Å². The van der Waals surface area contributed by atoms with E-state index < -0.39 is 0 Å². The molecule has 0 heterocycles. The second-order valence-corrected chi connectivity index (χ2v) is 1.16. The molecule has 0 aromatic heterocycles. The Hall–Kier alpha value is -0.220. The van der Waals surface area contributed by atoms with Crippen LogP contribution in [0.15, 0.2) is 4.40 Å². The van der Waals surface area contributed by atoms with E-state index in [4.69, 9.17) is 10.3 Å². The summed E-state index contributed by atoms with van der Waals surface area (Å²) in [5, 5.41) is 0. The fourth-order valence-corrected chi connectivity index (χ4v) is 0.193. The average molecular weight is 106 g/mol. The van der Waals surface area contributed by atoms with E-state index in [2.05, 4.69) is 4.40 Å². The molecule has 4 heteroatoms. The molecule has 0 aliphatic heterocycles. The zero-order chi connectivity index (χ0) is 4.99. The summed E-state index contributed by atoms with van der Waals surface area (Å²) in [6.45, 7) is 1.60. The molecule has 0 aromatic carbocycles. The lowest BCUT2D eigenvalue weighted by molar-refractivity contribution is 0.665. The van der Waals surface area contributed by atoms with Crippen molar-refractivity contribution < 1.29 is 4.55 Å². The zero-order valence-electron chi connectivity index (χ0n) is 3.38. The summed E-state index contributed by atoms with van der Waals surface area (Å²) in [5.74, 6) is 0.377. The molecule has 0 radical (unpaired) electrons. The summed E-state index contributed by atoms with van der Waals surface area (Å²) in [7, 11) is 0. The Morgan fingerprint density at radius 2 is 2.50 bits per heavy atom. The van der Waals surface area contributed by atoms with Crippen LogP contribution in [0.2, 0.25) is 0 Å². The van der Waals surface area contributed by atoms with E-state index in [-0.39, 0.29) is 0 Å². The maximum Gasteiger partial charge on any atom is 0.135 e. The van der Waals surface area contributed by atoms with E-state index in [9.17, 15) is 0 Å². The minimum atomic E-state index is 0.373. The largest absolute Gasteiger partial charge is 0.387 e. The Labute approximate surface area is 40.6 Å². The molecule has 0 saturated carbocycles. The molecule has 0 fully saturated rings. The number of hydrogen-bond acceptors (Lipinski definition) is 3. The molecular formula is C2H6N2OS. The molecule has 3 nitrogen and oxygen atoms in total. The first kappa shape index (κ1) is 5.78. The topological polar surface area (TPSA) is 58.6 Å². The highest BCUT2D eigenvalue weighted by molar-refractivity contribution is 7.92. The fourth-order valence-electron chi connectivity index (χ4n) is 0.0644. The van der Waals surface area contributed by atoms with Crippen LogP contribution in [-0.4, -0.2) is 10.4 Å². The third-order valence-corrected chi connectivity index (χ3v) is 0.554. The van der Waals surface area contributed by atoms with Crippen molar-refractivity contribution in [3.05, 3.63) is 0 Å². The molecule has 0 aromatic rings. The molecule has 3 N–H and O–H groups in total. The SMILES string of the molecule is C/C(N)=N/SO. The van der Waals surface area contributed by atoms with Crippen LogP contribution in [0.1, 0.15) is 6.92 Å². The van der Waals surface area contributed by atoms with Gasteiger partial charge in [-0.05, 0) is 6.92 Å². The van der Waals surface area contributed by atoms with Crippen molar-refractivity contribution >= 4 is 18.1 Å². The summed E-state index contributed by atoms with van der Waals surface area (Å²) in [6, 6.07) is 0. The lowest BCUT2D eigenvalue weighted by atomic mass is 10.8. The summed E-state index contributed by atoms with van der Waals surface area (Å²) in [6.07, 6.45) is 0. The predicted octanol–water partition coefficient (Wildman–Crippen LogP) is 0.485. The van der Waals surface area contributed by atoms with Crippen molar-refractivity contribution in [1.29, 1.82) is 0 Å². The van der Waals surface area contributed by atoms with Gasteiger partial charge < -0.3 is 10.3 Å². The lowest BCUT2D eigenvalue weighted by Crippen LogP contribution is -2.02. The minimum Gasteiger partial charge on any atom is -0.387 e. The van der Waals surface area contributed by atoms with Gasteiger partial charge in [-0.2, -0.15) is 4.40 Å². The first-order valence-corrected chi connectivity index (χ1v) is 2.11. The van der Waals surface area contributed by atoms with E-state index in [0.29, 0.717) is 18.1 Å². The summed E-state index contributed by atoms with van der Waals surface area (Å²) in [5.41, 5.74) is 4.97. The minimum absolute atomic E-state index is 0.373. The number of nitrogens with zero attached hydrogens (tertiary/aromatic N) is 1. The van der Waals surface area contributed by atoms with Crippen molar-refractivity contribution in [2.24, 2.45) is 10.1 Å². The van der Waals surface area contributed by atoms with E-state index in [1.807, 2.05) is 0 Å². The van der Waals surface area contributed by atoms with Gasteiger partial charge >= 0.3 is 0 Å². The van der Waals surface area contributed by atoms with Gasteiger partial charge in [0.25, 0.3) is 0 Å². The molecule has 0 atom stereocenters. The maximum atomic E-state index is 7.89. The molecule has 0 unspecified atom stereocenters. The van der Waals surface area contributed by atoms with Crippen molar-refractivity contribution in [1.82, 2.24) is 0 Å². The monoisotopic (exact) mass is 106 g/mol. The van der Waals surface area contributed by atoms with Gasteiger partial charge in [-0.15, -0.1) is 0 Å². The van der Waals surface area contributed by atoms with Crippen LogP contribution in [0.4, 0.5) is 0 Å². The Kier molecular flexibility index (Phi) is 2.88. The van der Waals surface area contributed by atoms with Gasteiger partial charge in [0, 0.05) is 0 Å². The van der Waals surface area contributed by atoms with Gasteiger partial charge in [-0.3, -0.25) is 0 Å². The quantitative estimate of drug-likeness (QED) is 0.221. The Bertz CT molecular complexity index is 58.6. The van der Waals surface area contributed by atoms with Gasteiger partial charge in [0.2, 0.25) is 0 Å². The number of hydrogen-bond donors (Lipinski definition) is 2. The Balaban J connectivity index is 3.14. The van der Waals surface area contributed by atoms with Crippen molar-refractivity contribution in [3.8, 4) is 0 Å². The van der Waals surface area contributed by atoms with Crippen LogP contribution in [0.5, 0.6) is 0 Å². The molecule has 0 saturated heterocycles. The summed E-state index contributed by atoms with van der Waals surface area (Å²) >= 11 is 0.373. The van der Waals surface area contributed by atoms with Crippen LogP contribution in [-0.2, 0) is 0 Å². The molecule has 6 heavy (non-hydrogen) atoms. The van der Waals surface area contributed by atoms with Crippen LogP contribution in [0.3, 0.4) is 0 Å². The molecule has 0 aliphatic carbocycles. The summed E-state index contributed by atoms with van der Waals surface area (Å²) < 4.78 is 11.2. The van der Waals surface area contributed by atoms with Crippen molar-refractivity contribution in [2.75, 3.05) is 0 Å². The van der Waals surface area contributed by atoms with Crippen molar-refractivity contribution in [2.45, 2.75) is 6.92 Å². The van der Waals surface area contributed by atoms with E-state index in [0.717, 1.165) is 0 Å². The molecule has 0 bridgehead atoms. The average Bonchev–Trinajstić information content (AvgIpc) is 1.35. The predicted molar refractivity (Wildman–Crippen MR) is 27.5 cm³/mol. The molecule has 36 valence electrons. The number of rotatable bonds is 1. The normalized spacial score (nSPS) is 12.0. The first-order chi connectivity index (χ1) is 2.77. The van der Waals surface area contributed by atoms with Crippen LogP contribution in [0, 0.1) is 0 Å². The molecular weight excluding hydrogens is 100 g/mol. The van der Waals surface area contributed by atoms with Crippen LogP contribution < -0.4 is 5.73 Å². The molecule has 0 rings (SSSR count). The highest BCUT2D eigenvalue weighted by Crippen LogP contribution is 1.88. The first-order valence-electron chi connectivity index (χ1n) is 1.38. The van der Waals surface area contributed by atoms with Crippen LogP contribution >= 0.6 is 12.2 Å². The van der Waals surface area contributed by atoms with E-state index in [1.165, 1.54) is 0 Å². The van der Waals surface area contributed by atoms with Crippen LogP contribution in [0.25, 0.3) is 0 Å². The van der Waals surface area contributed by atoms with Gasteiger partial charge in [-0.1, -0.05) is 0 Å². The van der Waals surface area contributed by atoms with Crippen molar-refractivity contribution in [3.63, 3.8) is 0 Å². The van der Waals surface area contributed by atoms with E-state index >= 15 is 0 Å². The Morgan fingerprint density at radius 3 is 2.50 bits per heavy atom. The Morgan fingerprint density at radius 1 is 2.00 bits per heavy atom. The van der Waals surface area contributed by atoms with Gasteiger partial charge in [0.15, 0.2) is 0 Å². The zero-order valence-corrected chi connectivity index (χ0v) is 4.20. The third kappa shape index (κ3) is 3.78. The van der Waals surface area contributed by atoms with Gasteiger partial charge in [-0.25, -0.2) is 0 Å². The highest BCUT2D eigenvalue weighted by Gasteiger charge is 1.70. The standard InChI is InChI=1S/C2H6N2OS/c1-2(3)4-6-5/h5H,1H3,(H2,3,4). The lowest BCUT2D eigenvalue weighted by Gasteiger charge is -1.79. The molecule has 0 spiro atoms. The summed E-state index contributed by atoms with van der Waals surface area (Å²) in [4.78, 5) is 0. The fraction of sp³-hybridized carbons (Fsp3) is 0.500. The molecule has 0 aliphatic rings. The van der Waals surface area contributed by atoms with E-state index in [1.54, 1.807) is 6.92 Å². The van der Waals surface area contributed by atoms with Gasteiger partial charge in [0.05, 0.1) is 0 Å².